The minimum atomic E-state index is -3.64. The van der Waals surface area contributed by atoms with Gasteiger partial charge in [0, 0.05) is 16.8 Å². The number of hydrogen-bond donors (Lipinski definition) is 2. The van der Waals surface area contributed by atoms with Gasteiger partial charge in [0.2, 0.25) is 0 Å². The first-order chi connectivity index (χ1) is 12.7. The lowest BCUT2D eigenvalue weighted by atomic mass is 10.2. The Morgan fingerprint density at radius 1 is 1.00 bits per heavy atom. The average molecular weight is 411 g/mol. The lowest BCUT2D eigenvalue weighted by Crippen LogP contribution is -2.43. The van der Waals surface area contributed by atoms with E-state index in [4.69, 9.17) is 16.3 Å². The second-order valence-electron chi connectivity index (χ2n) is 5.35. The van der Waals surface area contributed by atoms with Crippen molar-refractivity contribution in [2.24, 2.45) is 0 Å². The van der Waals surface area contributed by atoms with Crippen molar-refractivity contribution >= 4 is 39.2 Å². The van der Waals surface area contributed by atoms with Crippen LogP contribution in [0, 0.1) is 0 Å². The normalized spacial score (nSPS) is 10.7. The minimum Gasteiger partial charge on any atom is -0.452 e. The smallest absolute Gasteiger partial charge is 0.339 e. The number of halogens is 1. The fourth-order valence-electron chi connectivity index (χ4n) is 2.00. The molecule has 142 valence electrons. The predicted molar refractivity (Wildman–Crippen MR) is 96.9 cm³/mol. The number of rotatable bonds is 5. The monoisotopic (exact) mass is 410 g/mol. The van der Waals surface area contributed by atoms with E-state index in [1.54, 1.807) is 0 Å². The van der Waals surface area contributed by atoms with Gasteiger partial charge in [0.1, 0.15) is 0 Å². The van der Waals surface area contributed by atoms with Crippen LogP contribution in [-0.2, 0) is 19.4 Å². The van der Waals surface area contributed by atoms with Gasteiger partial charge in [-0.05, 0) is 36.4 Å². The number of carbonyl (C=O) groups is 3. The third-order valence-electron chi connectivity index (χ3n) is 3.26. The summed E-state index contributed by atoms with van der Waals surface area (Å²) in [6, 6.07) is 11.4. The fraction of sp³-hybridized carbons (Fsp3) is 0.118. The molecule has 10 heteroatoms. The van der Waals surface area contributed by atoms with E-state index in [1.807, 2.05) is 0 Å². The maximum atomic E-state index is 12.0. The van der Waals surface area contributed by atoms with E-state index in [0.29, 0.717) is 5.02 Å². The topological polar surface area (TPSA) is 119 Å². The highest BCUT2D eigenvalue weighted by molar-refractivity contribution is 7.90. The van der Waals surface area contributed by atoms with Crippen LogP contribution in [0.1, 0.15) is 20.7 Å². The molecule has 2 N–H and O–H groups in total. The van der Waals surface area contributed by atoms with Crippen molar-refractivity contribution < 1.29 is 27.5 Å². The van der Waals surface area contributed by atoms with Crippen LogP contribution in [0.5, 0.6) is 0 Å². The molecular weight excluding hydrogens is 396 g/mol. The van der Waals surface area contributed by atoms with E-state index in [-0.39, 0.29) is 16.0 Å². The second kappa shape index (κ2) is 8.65. The molecule has 0 saturated carbocycles. The lowest BCUT2D eigenvalue weighted by Gasteiger charge is -2.09. The Hall–Kier alpha value is -2.91. The van der Waals surface area contributed by atoms with E-state index >= 15 is 0 Å². The summed E-state index contributed by atoms with van der Waals surface area (Å²) >= 11 is 5.72. The molecule has 0 aliphatic carbocycles. The van der Waals surface area contributed by atoms with Gasteiger partial charge >= 0.3 is 5.97 Å². The number of nitrogens with one attached hydrogen (secondary N) is 2. The summed E-state index contributed by atoms with van der Waals surface area (Å²) in [5.74, 6) is -2.37. The second-order valence-corrected chi connectivity index (χ2v) is 7.77. The minimum absolute atomic E-state index is 0.182. The van der Waals surface area contributed by atoms with Crippen LogP contribution in [0.15, 0.2) is 53.4 Å². The molecule has 0 aromatic heterocycles. The van der Waals surface area contributed by atoms with Gasteiger partial charge in [0.15, 0.2) is 16.4 Å². The van der Waals surface area contributed by atoms with Crippen LogP contribution in [0.4, 0.5) is 0 Å². The van der Waals surface area contributed by atoms with Crippen molar-refractivity contribution in [3.8, 4) is 0 Å². The first-order valence-corrected chi connectivity index (χ1v) is 9.76. The van der Waals surface area contributed by atoms with E-state index in [9.17, 15) is 22.8 Å². The van der Waals surface area contributed by atoms with E-state index in [1.165, 1.54) is 48.5 Å². The first-order valence-electron chi connectivity index (χ1n) is 7.49. The maximum absolute atomic E-state index is 12.0. The van der Waals surface area contributed by atoms with E-state index < -0.39 is 34.2 Å². The SMILES string of the molecule is CS(=O)(=O)c1ccccc1C(=O)OCC(=O)NNC(=O)c1ccc(Cl)cc1. The molecule has 2 rings (SSSR count). The maximum Gasteiger partial charge on any atom is 0.339 e. The molecule has 0 fully saturated rings. The number of benzene rings is 2. The van der Waals surface area contributed by atoms with Crippen LogP contribution in [0.25, 0.3) is 0 Å². The van der Waals surface area contributed by atoms with Gasteiger partial charge in [-0.2, -0.15) is 0 Å². The number of carbonyl (C=O) groups excluding carboxylic acids is 3. The van der Waals surface area contributed by atoms with Gasteiger partial charge < -0.3 is 4.74 Å². The van der Waals surface area contributed by atoms with Crippen LogP contribution in [-0.4, -0.2) is 39.1 Å². The molecule has 0 heterocycles. The molecule has 2 aromatic carbocycles. The molecule has 0 saturated heterocycles. The zero-order valence-corrected chi connectivity index (χ0v) is 15.6. The van der Waals surface area contributed by atoms with Gasteiger partial charge in [-0.1, -0.05) is 23.7 Å². The van der Waals surface area contributed by atoms with Gasteiger partial charge in [-0.25, -0.2) is 13.2 Å². The Morgan fingerprint density at radius 3 is 2.26 bits per heavy atom. The van der Waals surface area contributed by atoms with Crippen LogP contribution < -0.4 is 10.9 Å². The van der Waals surface area contributed by atoms with Gasteiger partial charge in [-0.15, -0.1) is 0 Å². The molecule has 0 spiro atoms. The van der Waals surface area contributed by atoms with Crippen molar-refractivity contribution in [2.45, 2.75) is 4.90 Å². The van der Waals surface area contributed by atoms with Gasteiger partial charge in [0.25, 0.3) is 11.8 Å². The van der Waals surface area contributed by atoms with E-state index in [2.05, 4.69) is 10.9 Å². The highest BCUT2D eigenvalue weighted by Crippen LogP contribution is 2.16. The number of sulfone groups is 1. The average Bonchev–Trinajstić information content (AvgIpc) is 2.64. The van der Waals surface area contributed by atoms with Crippen molar-refractivity contribution in [3.63, 3.8) is 0 Å². The number of esters is 1. The van der Waals surface area contributed by atoms with Gasteiger partial charge in [0.05, 0.1) is 10.5 Å². The predicted octanol–water partition coefficient (Wildman–Crippen LogP) is 1.36. The van der Waals surface area contributed by atoms with Crippen molar-refractivity contribution in [3.05, 3.63) is 64.7 Å². The Labute approximate surface area is 160 Å². The van der Waals surface area contributed by atoms with Crippen LogP contribution in [0.3, 0.4) is 0 Å². The quantitative estimate of drug-likeness (QED) is 0.567. The third-order valence-corrected chi connectivity index (χ3v) is 4.67. The summed E-state index contributed by atoms with van der Waals surface area (Å²) in [7, 11) is -3.64. The van der Waals surface area contributed by atoms with E-state index in [0.717, 1.165) is 6.26 Å². The molecule has 0 atom stereocenters. The molecular formula is C17H15ClN2O6S. The number of amides is 2. The molecule has 2 amide bonds. The van der Waals surface area contributed by atoms with Crippen LogP contribution in [0.2, 0.25) is 5.02 Å². The molecule has 0 radical (unpaired) electrons. The summed E-state index contributed by atoms with van der Waals surface area (Å²) in [6.07, 6.45) is 0.956. The number of hydrogen-bond acceptors (Lipinski definition) is 6. The summed E-state index contributed by atoms with van der Waals surface area (Å²) in [4.78, 5) is 35.4. The lowest BCUT2D eigenvalue weighted by molar-refractivity contribution is -0.125. The highest BCUT2D eigenvalue weighted by atomic mass is 35.5. The van der Waals surface area contributed by atoms with Crippen molar-refractivity contribution in [2.75, 3.05) is 12.9 Å². The summed E-state index contributed by atoms with van der Waals surface area (Å²) < 4.78 is 28.2. The molecule has 0 aliphatic heterocycles. The summed E-state index contributed by atoms with van der Waals surface area (Å²) in [6.45, 7) is -0.710. The molecule has 8 nitrogen and oxygen atoms in total. The zero-order valence-electron chi connectivity index (χ0n) is 14.1. The molecule has 2 aromatic rings. The van der Waals surface area contributed by atoms with Crippen molar-refractivity contribution in [1.82, 2.24) is 10.9 Å². The number of hydrazine groups is 1. The number of ether oxygens (including phenoxy) is 1. The van der Waals surface area contributed by atoms with Gasteiger partial charge in [-0.3, -0.25) is 20.4 Å². The van der Waals surface area contributed by atoms with Crippen LogP contribution >= 0.6 is 11.6 Å². The standard InChI is InChI=1S/C17H15ClN2O6S/c1-27(24,25)14-5-3-2-4-13(14)17(23)26-10-15(21)19-20-16(22)11-6-8-12(18)9-7-11/h2-9H,10H2,1H3,(H,19,21)(H,20,22). The van der Waals surface area contributed by atoms with Crippen molar-refractivity contribution in [1.29, 1.82) is 0 Å². The molecule has 0 aliphatic rings. The zero-order chi connectivity index (χ0) is 20.0. The molecule has 0 bridgehead atoms. The molecule has 27 heavy (non-hydrogen) atoms. The summed E-state index contributed by atoms with van der Waals surface area (Å²) in [5, 5.41) is 0.455. The Morgan fingerprint density at radius 2 is 1.63 bits per heavy atom. The Kier molecular flexibility index (Phi) is 6.54. The fourth-order valence-corrected chi connectivity index (χ4v) is 3.01. The third kappa shape index (κ3) is 5.80. The highest BCUT2D eigenvalue weighted by Gasteiger charge is 2.20. The largest absolute Gasteiger partial charge is 0.452 e. The summed E-state index contributed by atoms with van der Waals surface area (Å²) in [5.41, 5.74) is 4.31. The molecule has 0 unspecified atom stereocenters. The first kappa shape index (κ1) is 20.4. The Balaban J connectivity index is 1.90. The Bertz CT molecular complexity index is 973.